The van der Waals surface area contributed by atoms with Crippen molar-refractivity contribution in [3.05, 3.63) is 176 Å². The van der Waals surface area contributed by atoms with Crippen LogP contribution in [0.25, 0.3) is 111 Å². The van der Waals surface area contributed by atoms with Crippen molar-refractivity contribution in [2.45, 2.75) is 0 Å². The van der Waals surface area contributed by atoms with Crippen LogP contribution in [0.15, 0.2) is 185 Å². The van der Waals surface area contributed by atoms with Crippen molar-refractivity contribution in [3.63, 3.8) is 0 Å². The van der Waals surface area contributed by atoms with E-state index in [9.17, 15) is 0 Å². The van der Waals surface area contributed by atoms with E-state index in [1.807, 2.05) is 72.8 Å². The maximum atomic E-state index is 6.63. The Hall–Kier alpha value is -7.37. The number of hydrogen-bond acceptors (Lipinski definition) is 5. The summed E-state index contributed by atoms with van der Waals surface area (Å²) in [7, 11) is 0. The lowest BCUT2D eigenvalue weighted by Gasteiger charge is -2.11. The predicted octanol–water partition coefficient (Wildman–Crippen LogP) is 13.2. The molecule has 0 atom stereocenters. The summed E-state index contributed by atoms with van der Waals surface area (Å²) >= 11 is 0. The Labute approximate surface area is 309 Å². The first-order valence-electron chi connectivity index (χ1n) is 18.0. The van der Waals surface area contributed by atoms with Crippen molar-refractivity contribution in [3.8, 4) is 56.4 Å². The molecule has 5 heteroatoms. The summed E-state index contributed by atoms with van der Waals surface area (Å²) in [6.07, 6.45) is 0. The van der Waals surface area contributed by atoms with Gasteiger partial charge in [0.25, 0.3) is 0 Å². The maximum Gasteiger partial charge on any atom is 0.164 e. The summed E-state index contributed by atoms with van der Waals surface area (Å²) in [5.74, 6) is 1.79. The number of nitrogens with zero attached hydrogens (tertiary/aromatic N) is 3. The first kappa shape index (κ1) is 30.3. The first-order chi connectivity index (χ1) is 26.7. The highest BCUT2D eigenvalue weighted by Gasteiger charge is 2.19. The van der Waals surface area contributed by atoms with Gasteiger partial charge in [0.1, 0.15) is 22.3 Å². The second-order valence-corrected chi connectivity index (χ2v) is 13.6. The van der Waals surface area contributed by atoms with Gasteiger partial charge in [0, 0.05) is 43.6 Å². The van der Waals surface area contributed by atoms with Crippen LogP contribution in [0, 0.1) is 0 Å². The number of aromatic nitrogens is 3. The molecule has 0 saturated heterocycles. The molecular weight excluding hydrogens is 663 g/mol. The molecule has 3 aromatic heterocycles. The highest BCUT2D eigenvalue weighted by Crippen LogP contribution is 2.42. The van der Waals surface area contributed by atoms with Crippen molar-refractivity contribution >= 4 is 54.6 Å². The Bertz CT molecular complexity index is 3200. The topological polar surface area (TPSA) is 65.0 Å². The third-order valence-electron chi connectivity index (χ3n) is 10.3. The first-order valence-corrected chi connectivity index (χ1v) is 18.0. The Kier molecular flexibility index (Phi) is 6.79. The van der Waals surface area contributed by atoms with Crippen LogP contribution in [0.2, 0.25) is 0 Å². The number of para-hydroxylation sites is 2. The molecule has 11 aromatic rings. The van der Waals surface area contributed by atoms with Crippen molar-refractivity contribution in [2.75, 3.05) is 0 Å². The van der Waals surface area contributed by atoms with Crippen molar-refractivity contribution in [2.24, 2.45) is 0 Å². The number of furan rings is 2. The number of hydrogen-bond donors (Lipinski definition) is 0. The van der Waals surface area contributed by atoms with E-state index >= 15 is 0 Å². The van der Waals surface area contributed by atoms with Gasteiger partial charge in [-0.05, 0) is 64.0 Å². The van der Waals surface area contributed by atoms with Gasteiger partial charge in [-0.25, -0.2) is 15.0 Å². The Morgan fingerprint density at radius 2 is 0.852 bits per heavy atom. The van der Waals surface area contributed by atoms with Crippen LogP contribution < -0.4 is 0 Å². The number of benzene rings is 8. The number of rotatable bonds is 5. The quantitative estimate of drug-likeness (QED) is 0.180. The SMILES string of the molecule is c1ccc(-c2ccc3cc(-c4ccc(-c5nc(-c6ccccc6)nc(-c6ccc7c(c6)oc6ccccc67)n5)cc4)c4c5ccccc5oc4c3c2)cc1. The van der Waals surface area contributed by atoms with Crippen molar-refractivity contribution in [1.29, 1.82) is 0 Å². The van der Waals surface area contributed by atoms with Crippen LogP contribution in [0.5, 0.6) is 0 Å². The van der Waals surface area contributed by atoms with E-state index in [-0.39, 0.29) is 0 Å². The maximum absolute atomic E-state index is 6.63. The molecule has 0 saturated carbocycles. The minimum atomic E-state index is 0.585. The average molecular weight is 692 g/mol. The highest BCUT2D eigenvalue weighted by molar-refractivity contribution is 6.21. The number of fused-ring (bicyclic) bond motifs is 8. The molecule has 5 nitrogen and oxygen atoms in total. The molecule has 0 spiro atoms. The summed E-state index contributed by atoms with van der Waals surface area (Å²) < 4.78 is 12.9. The Morgan fingerprint density at radius 1 is 0.315 bits per heavy atom. The van der Waals surface area contributed by atoms with E-state index in [0.717, 1.165) is 88.0 Å². The molecule has 0 radical (unpaired) electrons. The second-order valence-electron chi connectivity index (χ2n) is 13.6. The Morgan fingerprint density at radius 3 is 1.59 bits per heavy atom. The second kappa shape index (κ2) is 12.1. The summed E-state index contributed by atoms with van der Waals surface area (Å²) in [4.78, 5) is 15.0. The van der Waals surface area contributed by atoms with Crippen LogP contribution in [0.4, 0.5) is 0 Å². The normalized spacial score (nSPS) is 11.7. The molecule has 0 N–H and O–H groups in total. The third kappa shape index (κ3) is 4.98. The zero-order valence-electron chi connectivity index (χ0n) is 28.9. The minimum absolute atomic E-state index is 0.585. The molecular formula is C49H29N3O2. The molecule has 11 rings (SSSR count). The van der Waals surface area contributed by atoms with Gasteiger partial charge in [0.2, 0.25) is 0 Å². The molecule has 0 bridgehead atoms. The third-order valence-corrected chi connectivity index (χ3v) is 10.3. The van der Waals surface area contributed by atoms with Crippen molar-refractivity contribution in [1.82, 2.24) is 15.0 Å². The summed E-state index contributed by atoms with van der Waals surface area (Å²) in [5.41, 5.74) is 10.6. The van der Waals surface area contributed by atoms with E-state index in [1.54, 1.807) is 0 Å². The van der Waals surface area contributed by atoms with Gasteiger partial charge < -0.3 is 8.83 Å². The van der Waals surface area contributed by atoms with Gasteiger partial charge >= 0.3 is 0 Å². The molecule has 252 valence electrons. The van der Waals surface area contributed by atoms with E-state index in [1.165, 1.54) is 5.56 Å². The van der Waals surface area contributed by atoms with E-state index in [2.05, 4.69) is 103 Å². The summed E-state index contributed by atoms with van der Waals surface area (Å²) in [6.45, 7) is 0. The van der Waals surface area contributed by atoms with E-state index < -0.39 is 0 Å². The molecule has 0 amide bonds. The van der Waals surface area contributed by atoms with Gasteiger partial charge in [0.05, 0.1) is 0 Å². The largest absolute Gasteiger partial charge is 0.456 e. The fourth-order valence-corrected chi connectivity index (χ4v) is 7.66. The van der Waals surface area contributed by atoms with Gasteiger partial charge in [0.15, 0.2) is 17.5 Å². The zero-order valence-corrected chi connectivity index (χ0v) is 28.9. The van der Waals surface area contributed by atoms with Crippen molar-refractivity contribution < 1.29 is 8.83 Å². The van der Waals surface area contributed by atoms with Gasteiger partial charge in [-0.1, -0.05) is 140 Å². The average Bonchev–Trinajstić information content (AvgIpc) is 3.83. The molecule has 0 unspecified atom stereocenters. The molecule has 54 heavy (non-hydrogen) atoms. The van der Waals surface area contributed by atoms with Crippen LogP contribution >= 0.6 is 0 Å². The molecule has 0 aliphatic rings. The van der Waals surface area contributed by atoms with Crippen LogP contribution in [-0.4, -0.2) is 15.0 Å². The van der Waals surface area contributed by atoms with Crippen LogP contribution in [-0.2, 0) is 0 Å². The van der Waals surface area contributed by atoms with Gasteiger partial charge in [-0.3, -0.25) is 0 Å². The molecule has 3 heterocycles. The van der Waals surface area contributed by atoms with E-state index in [4.69, 9.17) is 23.8 Å². The monoisotopic (exact) mass is 691 g/mol. The lowest BCUT2D eigenvalue weighted by molar-refractivity contribution is 0.669. The summed E-state index contributed by atoms with van der Waals surface area (Å²) in [6, 6.07) is 60.5. The zero-order chi connectivity index (χ0) is 35.6. The van der Waals surface area contributed by atoms with E-state index in [0.29, 0.717) is 17.5 Å². The predicted molar refractivity (Wildman–Crippen MR) is 219 cm³/mol. The van der Waals surface area contributed by atoms with Gasteiger partial charge in [-0.15, -0.1) is 0 Å². The van der Waals surface area contributed by atoms with Crippen LogP contribution in [0.1, 0.15) is 0 Å². The molecule has 8 aromatic carbocycles. The standard InChI is InChI=1S/C49H29N3O2/c1-3-11-30(12-4-1)34-23-24-35-28-40(45-39-16-8-10-18-43(39)54-46(45)41(35)27-34)31-19-21-33(22-20-31)48-50-47(32-13-5-2-6-14-32)51-49(52-48)36-25-26-38-37-15-7-9-17-42(37)53-44(38)29-36/h1-29H. The Balaban J connectivity index is 1.05. The summed E-state index contributed by atoms with van der Waals surface area (Å²) in [5, 5.41) is 6.56. The molecule has 0 fully saturated rings. The fraction of sp³-hybridized carbons (Fsp3) is 0. The lowest BCUT2D eigenvalue weighted by Crippen LogP contribution is -2.00. The highest BCUT2D eigenvalue weighted by atomic mass is 16.3. The van der Waals surface area contributed by atoms with Crippen LogP contribution in [0.3, 0.4) is 0 Å². The molecule has 0 aliphatic carbocycles. The minimum Gasteiger partial charge on any atom is -0.456 e. The fourth-order valence-electron chi connectivity index (χ4n) is 7.66. The smallest absolute Gasteiger partial charge is 0.164 e. The van der Waals surface area contributed by atoms with Gasteiger partial charge in [-0.2, -0.15) is 0 Å². The lowest BCUT2D eigenvalue weighted by atomic mass is 9.93. The molecule has 0 aliphatic heterocycles.